The van der Waals surface area contributed by atoms with Gasteiger partial charge in [-0.3, -0.25) is 0 Å². The van der Waals surface area contributed by atoms with Crippen LogP contribution < -0.4 is 5.32 Å². The Morgan fingerprint density at radius 1 is 1.10 bits per heavy atom. The van der Waals surface area contributed by atoms with Crippen molar-refractivity contribution in [2.45, 2.75) is 40.2 Å². The van der Waals surface area contributed by atoms with Crippen molar-refractivity contribution in [1.29, 1.82) is 0 Å². The van der Waals surface area contributed by atoms with Gasteiger partial charge in [0.05, 0.1) is 0 Å². The van der Waals surface area contributed by atoms with Crippen molar-refractivity contribution in [3.63, 3.8) is 0 Å². The molecule has 1 heterocycles. The lowest BCUT2D eigenvalue weighted by Crippen LogP contribution is -2.53. The van der Waals surface area contributed by atoms with Crippen LogP contribution in [0.2, 0.25) is 0 Å². The molecule has 1 aliphatic heterocycles. The Kier molecular flexibility index (Phi) is 6.25. The Morgan fingerprint density at radius 3 is 2.38 bits per heavy atom. The van der Waals surface area contributed by atoms with E-state index in [1.54, 1.807) is 0 Å². The van der Waals surface area contributed by atoms with Gasteiger partial charge < -0.3 is 10.2 Å². The average molecular weight is 288 g/mol. The summed E-state index contributed by atoms with van der Waals surface area (Å²) in [5, 5.41) is 3.69. The molecule has 2 nitrogen and oxygen atoms in total. The van der Waals surface area contributed by atoms with Gasteiger partial charge >= 0.3 is 0 Å². The van der Waals surface area contributed by atoms with Crippen molar-refractivity contribution >= 4 is 0 Å². The van der Waals surface area contributed by atoms with Crippen molar-refractivity contribution in [2.75, 3.05) is 26.2 Å². The molecule has 0 amide bonds. The molecule has 2 heteroatoms. The van der Waals surface area contributed by atoms with Crippen molar-refractivity contribution < 1.29 is 0 Å². The second-order valence-electron chi connectivity index (χ2n) is 7.25. The number of hydrogen-bond acceptors (Lipinski definition) is 2. The van der Waals surface area contributed by atoms with Crippen LogP contribution in [0, 0.1) is 17.8 Å². The molecule has 1 unspecified atom stereocenters. The number of hydrogen-bond donors (Lipinski definition) is 1. The molecular weight excluding hydrogens is 256 g/mol. The summed E-state index contributed by atoms with van der Waals surface area (Å²) in [6, 6.07) is 11.5. The molecule has 0 saturated carbocycles. The first kappa shape index (κ1) is 16.5. The van der Waals surface area contributed by atoms with Gasteiger partial charge in [0.25, 0.3) is 0 Å². The topological polar surface area (TPSA) is 15.3 Å². The molecule has 1 aromatic rings. The summed E-state index contributed by atoms with van der Waals surface area (Å²) in [7, 11) is 0. The Hall–Kier alpha value is -0.860. The second kappa shape index (κ2) is 7.95. The van der Waals surface area contributed by atoms with E-state index in [0.29, 0.717) is 6.04 Å². The highest BCUT2D eigenvalue weighted by atomic mass is 15.2. The molecule has 0 spiro atoms. The highest BCUT2D eigenvalue weighted by Crippen LogP contribution is 2.22. The molecule has 0 bridgehead atoms. The van der Waals surface area contributed by atoms with Gasteiger partial charge in [0.15, 0.2) is 0 Å². The predicted octanol–water partition coefficient (Wildman–Crippen LogP) is 3.43. The third-order valence-electron chi connectivity index (χ3n) is 4.85. The fraction of sp³-hybridized carbons (Fsp3) is 0.684. The van der Waals surface area contributed by atoms with E-state index < -0.39 is 0 Å². The minimum atomic E-state index is 0.598. The highest BCUT2D eigenvalue weighted by molar-refractivity contribution is 5.16. The molecule has 1 atom stereocenters. The monoisotopic (exact) mass is 288 g/mol. The van der Waals surface area contributed by atoms with Crippen molar-refractivity contribution in [2.24, 2.45) is 17.8 Å². The first-order valence-electron chi connectivity index (χ1n) is 8.56. The van der Waals surface area contributed by atoms with Crippen LogP contribution in [0.4, 0.5) is 0 Å². The zero-order valence-corrected chi connectivity index (χ0v) is 14.2. The van der Waals surface area contributed by atoms with E-state index >= 15 is 0 Å². The summed E-state index contributed by atoms with van der Waals surface area (Å²) in [5.74, 6) is 2.35. The van der Waals surface area contributed by atoms with Crippen LogP contribution in [0.25, 0.3) is 0 Å². The molecule has 1 saturated heterocycles. The molecule has 1 aromatic carbocycles. The Morgan fingerprint density at radius 2 is 1.76 bits per heavy atom. The molecule has 1 N–H and O–H groups in total. The van der Waals surface area contributed by atoms with E-state index in [4.69, 9.17) is 0 Å². The van der Waals surface area contributed by atoms with Gasteiger partial charge in [-0.05, 0) is 29.7 Å². The van der Waals surface area contributed by atoms with Crippen molar-refractivity contribution in [1.82, 2.24) is 10.2 Å². The summed E-state index contributed by atoms with van der Waals surface area (Å²) in [6.45, 7) is 14.2. The van der Waals surface area contributed by atoms with E-state index in [-0.39, 0.29) is 0 Å². The third-order valence-corrected chi connectivity index (χ3v) is 4.85. The van der Waals surface area contributed by atoms with Gasteiger partial charge in [-0.15, -0.1) is 0 Å². The molecule has 0 aromatic heterocycles. The highest BCUT2D eigenvalue weighted by Gasteiger charge is 2.25. The third kappa shape index (κ3) is 5.12. The predicted molar refractivity (Wildman–Crippen MR) is 91.5 cm³/mol. The van der Waals surface area contributed by atoms with Gasteiger partial charge in [-0.25, -0.2) is 0 Å². The maximum absolute atomic E-state index is 3.69. The summed E-state index contributed by atoms with van der Waals surface area (Å²) in [5.41, 5.74) is 1.45. The molecule has 118 valence electrons. The molecule has 0 radical (unpaired) electrons. The standard InChI is InChI=1S/C19H32N2/c1-15(2)19(16(3)4)14-21-11-10-20-18(13-21)12-17-8-6-5-7-9-17/h5-9,15-16,18-20H,10-14H2,1-4H3. The zero-order valence-electron chi connectivity index (χ0n) is 14.2. The number of nitrogens with zero attached hydrogens (tertiary/aromatic N) is 1. The number of piperazine rings is 1. The van der Waals surface area contributed by atoms with Gasteiger partial charge in [0.1, 0.15) is 0 Å². The van der Waals surface area contributed by atoms with E-state index in [1.807, 2.05) is 0 Å². The summed E-state index contributed by atoms with van der Waals surface area (Å²) < 4.78 is 0. The fourth-order valence-electron chi connectivity index (χ4n) is 3.59. The minimum absolute atomic E-state index is 0.598. The van der Waals surface area contributed by atoms with Crippen LogP contribution in [0.5, 0.6) is 0 Å². The number of benzene rings is 1. The molecule has 0 aliphatic carbocycles. The average Bonchev–Trinajstić information content (AvgIpc) is 2.45. The Bertz CT molecular complexity index is 391. The summed E-state index contributed by atoms with van der Waals surface area (Å²) in [6.07, 6.45) is 1.14. The minimum Gasteiger partial charge on any atom is -0.311 e. The van der Waals surface area contributed by atoms with Crippen LogP contribution in [-0.2, 0) is 6.42 Å². The van der Waals surface area contributed by atoms with E-state index in [1.165, 1.54) is 25.2 Å². The normalized spacial score (nSPS) is 20.6. The smallest absolute Gasteiger partial charge is 0.0235 e. The second-order valence-corrected chi connectivity index (χ2v) is 7.25. The molecule has 2 rings (SSSR count). The van der Waals surface area contributed by atoms with E-state index in [0.717, 1.165) is 30.7 Å². The lowest BCUT2D eigenvalue weighted by molar-refractivity contribution is 0.132. The first-order chi connectivity index (χ1) is 10.1. The molecule has 1 aliphatic rings. The molecule has 21 heavy (non-hydrogen) atoms. The van der Waals surface area contributed by atoms with Gasteiger partial charge in [-0.2, -0.15) is 0 Å². The maximum atomic E-state index is 3.69. The van der Waals surface area contributed by atoms with Crippen LogP contribution in [-0.4, -0.2) is 37.1 Å². The zero-order chi connectivity index (χ0) is 15.2. The van der Waals surface area contributed by atoms with Crippen LogP contribution >= 0.6 is 0 Å². The Balaban J connectivity index is 1.88. The van der Waals surface area contributed by atoms with Gasteiger partial charge in [0.2, 0.25) is 0 Å². The number of rotatable bonds is 6. The Labute approximate surface area is 130 Å². The van der Waals surface area contributed by atoms with E-state index in [2.05, 4.69) is 68.2 Å². The summed E-state index contributed by atoms with van der Waals surface area (Å²) >= 11 is 0. The van der Waals surface area contributed by atoms with Gasteiger partial charge in [-0.1, -0.05) is 58.0 Å². The first-order valence-corrected chi connectivity index (χ1v) is 8.56. The van der Waals surface area contributed by atoms with Crippen LogP contribution in [0.15, 0.2) is 30.3 Å². The van der Waals surface area contributed by atoms with Crippen LogP contribution in [0.1, 0.15) is 33.3 Å². The van der Waals surface area contributed by atoms with Crippen molar-refractivity contribution in [3.05, 3.63) is 35.9 Å². The lowest BCUT2D eigenvalue weighted by Gasteiger charge is -2.38. The van der Waals surface area contributed by atoms with E-state index in [9.17, 15) is 0 Å². The quantitative estimate of drug-likeness (QED) is 0.863. The number of nitrogens with one attached hydrogen (secondary N) is 1. The molecule has 1 fully saturated rings. The SMILES string of the molecule is CC(C)C(CN1CCNC(Cc2ccccc2)C1)C(C)C. The van der Waals surface area contributed by atoms with Gasteiger partial charge in [0, 0.05) is 32.2 Å². The fourth-order valence-corrected chi connectivity index (χ4v) is 3.59. The van der Waals surface area contributed by atoms with Crippen LogP contribution in [0.3, 0.4) is 0 Å². The largest absolute Gasteiger partial charge is 0.311 e. The lowest BCUT2D eigenvalue weighted by atomic mass is 9.85. The molecular formula is C19H32N2. The maximum Gasteiger partial charge on any atom is 0.0235 e. The summed E-state index contributed by atoms with van der Waals surface area (Å²) in [4.78, 5) is 2.68. The van der Waals surface area contributed by atoms with Crippen molar-refractivity contribution in [3.8, 4) is 0 Å².